The van der Waals surface area contributed by atoms with Crippen molar-refractivity contribution < 1.29 is 19.2 Å². The minimum atomic E-state index is -0.400. The largest absolute Gasteiger partial charge is 0.489 e. The quantitative estimate of drug-likeness (QED) is 0.236. The SMILES string of the molecule is CC(C)Oc1ccc(C(=N)OC=O)cc1Cl.CNCc1ccc([N+](=O)[O-])cc1. The Kier molecular flexibility index (Phi) is 9.63. The first-order valence-electron chi connectivity index (χ1n) is 8.31. The standard InChI is InChI=1S/C11H12ClNO3.C8H10N2O2/c1-7(2)16-10-4-3-8(5-9(10)12)11(13)15-6-14;1-9-6-7-2-4-8(5-3-7)10(11)12/h3-7,13H,1-2H3;2-5,9H,6H2,1H3. The molecule has 150 valence electrons. The van der Waals surface area contributed by atoms with Crippen molar-refractivity contribution in [2.75, 3.05) is 7.05 Å². The number of hydrogen-bond donors (Lipinski definition) is 2. The molecule has 2 aromatic rings. The summed E-state index contributed by atoms with van der Waals surface area (Å²) in [6, 6.07) is 11.3. The molecule has 0 heterocycles. The van der Waals surface area contributed by atoms with Crippen molar-refractivity contribution in [1.82, 2.24) is 5.32 Å². The molecule has 0 aliphatic heterocycles. The van der Waals surface area contributed by atoms with Crippen molar-refractivity contribution in [2.45, 2.75) is 26.5 Å². The zero-order valence-corrected chi connectivity index (χ0v) is 16.5. The third kappa shape index (κ3) is 7.73. The third-order valence-electron chi connectivity index (χ3n) is 3.25. The highest BCUT2D eigenvalue weighted by Crippen LogP contribution is 2.26. The highest BCUT2D eigenvalue weighted by Gasteiger charge is 2.08. The lowest BCUT2D eigenvalue weighted by molar-refractivity contribution is -0.384. The number of nitrogens with one attached hydrogen (secondary N) is 2. The number of nitro groups is 1. The van der Waals surface area contributed by atoms with E-state index in [-0.39, 0.29) is 24.2 Å². The zero-order chi connectivity index (χ0) is 21.1. The molecule has 28 heavy (non-hydrogen) atoms. The number of nitro benzene ring substituents is 1. The van der Waals surface area contributed by atoms with E-state index in [1.54, 1.807) is 24.3 Å². The van der Waals surface area contributed by atoms with E-state index in [1.165, 1.54) is 18.2 Å². The number of ether oxygens (including phenoxy) is 2. The molecule has 0 fully saturated rings. The molecule has 9 heteroatoms. The molecule has 0 aromatic heterocycles. The predicted octanol–water partition coefficient (Wildman–Crippen LogP) is 3.94. The average Bonchev–Trinajstić information content (AvgIpc) is 2.64. The molecule has 0 amide bonds. The van der Waals surface area contributed by atoms with Gasteiger partial charge in [0.05, 0.1) is 16.0 Å². The van der Waals surface area contributed by atoms with E-state index < -0.39 is 4.92 Å². The lowest BCUT2D eigenvalue weighted by Crippen LogP contribution is -2.07. The molecule has 2 rings (SSSR count). The van der Waals surface area contributed by atoms with E-state index >= 15 is 0 Å². The molecule has 0 bridgehead atoms. The van der Waals surface area contributed by atoms with Gasteiger partial charge in [-0.25, -0.2) is 0 Å². The number of carbonyl (C=O) groups excluding carboxylic acids is 1. The third-order valence-corrected chi connectivity index (χ3v) is 3.55. The van der Waals surface area contributed by atoms with Gasteiger partial charge in [-0.05, 0) is 44.7 Å². The first-order valence-corrected chi connectivity index (χ1v) is 8.69. The molecule has 0 saturated heterocycles. The number of carbonyl (C=O) groups is 1. The van der Waals surface area contributed by atoms with Crippen LogP contribution in [0.5, 0.6) is 5.75 Å². The van der Waals surface area contributed by atoms with Crippen LogP contribution in [0.4, 0.5) is 5.69 Å². The van der Waals surface area contributed by atoms with E-state index in [1.807, 2.05) is 20.9 Å². The van der Waals surface area contributed by atoms with Crippen LogP contribution < -0.4 is 10.1 Å². The van der Waals surface area contributed by atoms with Crippen LogP contribution in [0, 0.1) is 15.5 Å². The van der Waals surface area contributed by atoms with E-state index in [0.29, 0.717) is 16.3 Å². The van der Waals surface area contributed by atoms with Gasteiger partial charge in [-0.1, -0.05) is 23.7 Å². The van der Waals surface area contributed by atoms with Crippen molar-refractivity contribution >= 4 is 29.7 Å². The average molecular weight is 408 g/mol. The monoisotopic (exact) mass is 407 g/mol. The maximum absolute atomic E-state index is 10.3. The van der Waals surface area contributed by atoms with Crippen LogP contribution in [0.2, 0.25) is 5.02 Å². The van der Waals surface area contributed by atoms with Crippen molar-refractivity contribution in [3.63, 3.8) is 0 Å². The van der Waals surface area contributed by atoms with Crippen LogP contribution in [0.1, 0.15) is 25.0 Å². The van der Waals surface area contributed by atoms with Gasteiger partial charge < -0.3 is 14.8 Å². The van der Waals surface area contributed by atoms with Gasteiger partial charge in [0.15, 0.2) is 0 Å². The summed E-state index contributed by atoms with van der Waals surface area (Å²) in [5.41, 5.74) is 1.60. The summed E-state index contributed by atoms with van der Waals surface area (Å²) in [6.07, 6.45) is 0.0222. The number of non-ortho nitro benzene ring substituents is 1. The molecule has 0 aliphatic rings. The van der Waals surface area contributed by atoms with Crippen molar-refractivity contribution in [2.24, 2.45) is 0 Å². The van der Waals surface area contributed by atoms with Crippen molar-refractivity contribution in [3.8, 4) is 5.75 Å². The van der Waals surface area contributed by atoms with E-state index in [2.05, 4.69) is 10.1 Å². The lowest BCUT2D eigenvalue weighted by Gasteiger charge is -2.11. The van der Waals surface area contributed by atoms with Crippen molar-refractivity contribution in [1.29, 1.82) is 5.41 Å². The summed E-state index contributed by atoms with van der Waals surface area (Å²) in [4.78, 5) is 19.9. The highest BCUT2D eigenvalue weighted by atomic mass is 35.5. The molecule has 2 aromatic carbocycles. The van der Waals surface area contributed by atoms with Crippen LogP contribution in [0.15, 0.2) is 42.5 Å². The van der Waals surface area contributed by atoms with Gasteiger partial charge in [0.25, 0.3) is 12.2 Å². The Balaban J connectivity index is 0.000000292. The predicted molar refractivity (Wildman–Crippen MR) is 107 cm³/mol. The number of halogens is 1. The number of benzene rings is 2. The Hall–Kier alpha value is -2.97. The van der Waals surface area contributed by atoms with Gasteiger partial charge in [-0.15, -0.1) is 0 Å². The summed E-state index contributed by atoms with van der Waals surface area (Å²) >= 11 is 5.95. The Bertz CT molecular complexity index is 810. The van der Waals surface area contributed by atoms with Crippen LogP contribution in [0.25, 0.3) is 0 Å². The summed E-state index contributed by atoms with van der Waals surface area (Å²) in [5.74, 6) is 0.298. The molecule has 0 aliphatic carbocycles. The molecular weight excluding hydrogens is 386 g/mol. The van der Waals surface area contributed by atoms with Gasteiger partial charge in [0.2, 0.25) is 5.90 Å². The van der Waals surface area contributed by atoms with Gasteiger partial charge in [-0.3, -0.25) is 20.3 Å². The minimum absolute atomic E-state index is 0.0222. The topological polar surface area (TPSA) is 115 Å². The second-order valence-electron chi connectivity index (χ2n) is 5.81. The van der Waals surface area contributed by atoms with Crippen LogP contribution >= 0.6 is 11.6 Å². The number of nitrogens with zero attached hydrogens (tertiary/aromatic N) is 1. The highest BCUT2D eigenvalue weighted by molar-refractivity contribution is 6.32. The van der Waals surface area contributed by atoms with Crippen LogP contribution in [-0.4, -0.2) is 30.4 Å². The van der Waals surface area contributed by atoms with Gasteiger partial charge in [-0.2, -0.15) is 0 Å². The normalized spacial score (nSPS) is 9.89. The molecule has 0 unspecified atom stereocenters. The fourth-order valence-corrected chi connectivity index (χ4v) is 2.27. The maximum atomic E-state index is 10.3. The first-order chi connectivity index (χ1) is 13.3. The fourth-order valence-electron chi connectivity index (χ4n) is 2.05. The molecule has 0 atom stereocenters. The van der Waals surface area contributed by atoms with Crippen LogP contribution in [0.3, 0.4) is 0 Å². The van der Waals surface area contributed by atoms with E-state index in [9.17, 15) is 14.9 Å². The summed E-state index contributed by atoms with van der Waals surface area (Å²) in [7, 11) is 1.83. The maximum Gasteiger partial charge on any atom is 0.299 e. The molecule has 8 nitrogen and oxygen atoms in total. The molecule has 0 spiro atoms. The second kappa shape index (κ2) is 11.7. The number of hydrogen-bond acceptors (Lipinski definition) is 7. The van der Waals surface area contributed by atoms with E-state index in [0.717, 1.165) is 12.1 Å². The Morgan fingerprint density at radius 2 is 1.93 bits per heavy atom. The van der Waals surface area contributed by atoms with Gasteiger partial charge in [0, 0.05) is 24.2 Å². The number of rotatable bonds is 7. The van der Waals surface area contributed by atoms with E-state index in [4.69, 9.17) is 21.7 Å². The lowest BCUT2D eigenvalue weighted by atomic mass is 10.2. The van der Waals surface area contributed by atoms with Crippen molar-refractivity contribution in [3.05, 3.63) is 68.7 Å². The molecule has 0 saturated carbocycles. The Morgan fingerprint density at radius 1 is 1.29 bits per heavy atom. The molecular formula is C19H22ClN3O5. The first kappa shape index (κ1) is 23.1. The second-order valence-corrected chi connectivity index (χ2v) is 6.22. The fraction of sp³-hybridized carbons (Fsp3) is 0.263. The zero-order valence-electron chi connectivity index (χ0n) is 15.8. The molecule has 0 radical (unpaired) electrons. The minimum Gasteiger partial charge on any atom is -0.489 e. The smallest absolute Gasteiger partial charge is 0.299 e. The Morgan fingerprint density at radius 3 is 2.39 bits per heavy atom. The summed E-state index contributed by atoms with van der Waals surface area (Å²) in [6.45, 7) is 4.72. The van der Waals surface area contributed by atoms with Crippen LogP contribution in [-0.2, 0) is 16.1 Å². The molecule has 2 N–H and O–H groups in total. The van der Waals surface area contributed by atoms with Gasteiger partial charge in [0.1, 0.15) is 5.75 Å². The summed E-state index contributed by atoms with van der Waals surface area (Å²) < 4.78 is 9.83. The van der Waals surface area contributed by atoms with Gasteiger partial charge >= 0.3 is 0 Å². The summed E-state index contributed by atoms with van der Waals surface area (Å²) in [5, 5.41) is 21.0. The Labute approximate surface area is 168 Å².